The summed E-state index contributed by atoms with van der Waals surface area (Å²) in [5.41, 5.74) is 2.18. The number of nitrogens with zero attached hydrogens (tertiary/aromatic N) is 3. The van der Waals surface area contributed by atoms with Crippen molar-refractivity contribution < 1.29 is 13.5 Å². The number of aromatic nitrogens is 3. The molecule has 0 amide bonds. The molecule has 0 bridgehead atoms. The molecule has 0 fully saturated rings. The maximum Gasteiger partial charge on any atom is 0.387 e. The summed E-state index contributed by atoms with van der Waals surface area (Å²) in [5.74, 6) is 0.573. The highest BCUT2D eigenvalue weighted by atomic mass is 79.9. The van der Waals surface area contributed by atoms with Gasteiger partial charge in [0.05, 0.1) is 0 Å². The van der Waals surface area contributed by atoms with Crippen LogP contribution in [0.5, 0.6) is 5.75 Å². The van der Waals surface area contributed by atoms with E-state index in [2.05, 4.69) is 31.3 Å². The normalized spacial score (nSPS) is 15.9. The lowest BCUT2D eigenvalue weighted by Crippen LogP contribution is -2.21. The molecule has 2 aromatic carbocycles. The van der Waals surface area contributed by atoms with Crippen LogP contribution in [0.3, 0.4) is 0 Å². The molecule has 3 aromatic rings. The highest BCUT2D eigenvalue weighted by Gasteiger charge is 2.27. The lowest BCUT2D eigenvalue weighted by atomic mass is 10.0. The standard InChI is InChI=1S/C18H12BrClF2N4O/c19-11-3-6-16(27-17(21)22)13(7-11)15-8-14(10-1-4-12(20)5-2-10)25-18-23-9-24-26(15)18/h1-9,15,17H,(H,23,24,25)/t15-/m1/s1. The van der Waals surface area contributed by atoms with E-state index in [1.807, 2.05) is 18.2 Å². The van der Waals surface area contributed by atoms with Gasteiger partial charge in [-0.2, -0.15) is 18.9 Å². The largest absolute Gasteiger partial charge is 0.434 e. The number of hydrogen-bond donors (Lipinski definition) is 1. The van der Waals surface area contributed by atoms with Crippen molar-refractivity contribution in [3.8, 4) is 5.75 Å². The van der Waals surface area contributed by atoms with Crippen LogP contribution >= 0.6 is 27.5 Å². The zero-order chi connectivity index (χ0) is 19.0. The maximum absolute atomic E-state index is 12.9. The molecule has 0 aliphatic carbocycles. The lowest BCUT2D eigenvalue weighted by Gasteiger charge is -2.26. The Morgan fingerprint density at radius 3 is 2.70 bits per heavy atom. The summed E-state index contributed by atoms with van der Waals surface area (Å²) in [6.45, 7) is -2.93. The summed E-state index contributed by atoms with van der Waals surface area (Å²) >= 11 is 9.35. The number of ether oxygens (including phenoxy) is 1. The van der Waals surface area contributed by atoms with Gasteiger partial charge in [-0.3, -0.25) is 0 Å². The van der Waals surface area contributed by atoms with Gasteiger partial charge in [-0.15, -0.1) is 0 Å². The topological polar surface area (TPSA) is 52.0 Å². The van der Waals surface area contributed by atoms with E-state index in [0.717, 1.165) is 15.7 Å². The third kappa shape index (κ3) is 3.68. The second kappa shape index (κ2) is 7.28. The van der Waals surface area contributed by atoms with E-state index in [-0.39, 0.29) is 5.75 Å². The number of rotatable bonds is 4. The molecule has 5 nitrogen and oxygen atoms in total. The minimum Gasteiger partial charge on any atom is -0.434 e. The number of hydrogen-bond acceptors (Lipinski definition) is 4. The van der Waals surface area contributed by atoms with Crippen LogP contribution in [0.2, 0.25) is 5.02 Å². The van der Waals surface area contributed by atoms with Crippen molar-refractivity contribution in [1.82, 2.24) is 14.8 Å². The maximum atomic E-state index is 12.9. The second-order valence-corrected chi connectivity index (χ2v) is 7.10. The second-order valence-electron chi connectivity index (χ2n) is 5.75. The first-order valence-electron chi connectivity index (χ1n) is 7.90. The van der Waals surface area contributed by atoms with Crippen molar-refractivity contribution in [3.05, 3.63) is 75.5 Å². The number of nitrogens with one attached hydrogen (secondary N) is 1. The minimum absolute atomic E-state index is 0.0771. The fourth-order valence-electron chi connectivity index (χ4n) is 2.91. The number of fused-ring (bicyclic) bond motifs is 1. The summed E-state index contributed by atoms with van der Waals surface area (Å²) in [6.07, 6.45) is 3.28. The molecule has 138 valence electrons. The zero-order valence-corrected chi connectivity index (χ0v) is 16.0. The van der Waals surface area contributed by atoms with Gasteiger partial charge in [0.1, 0.15) is 18.1 Å². The number of allylic oxidation sites excluding steroid dienone is 1. The fourth-order valence-corrected chi connectivity index (χ4v) is 3.41. The fraction of sp³-hybridized carbons (Fsp3) is 0.111. The molecule has 1 aliphatic heterocycles. The average molecular weight is 454 g/mol. The van der Waals surface area contributed by atoms with Gasteiger partial charge < -0.3 is 10.1 Å². The van der Waals surface area contributed by atoms with E-state index in [0.29, 0.717) is 16.5 Å². The summed E-state index contributed by atoms with van der Waals surface area (Å²) < 4.78 is 32.8. The van der Waals surface area contributed by atoms with E-state index in [1.165, 1.54) is 12.4 Å². The molecule has 9 heteroatoms. The Hall–Kier alpha value is -2.45. The van der Waals surface area contributed by atoms with Crippen LogP contribution in [0.15, 0.2) is 59.3 Å². The summed E-state index contributed by atoms with van der Waals surface area (Å²) in [7, 11) is 0. The van der Waals surface area contributed by atoms with Crippen LogP contribution in [0.1, 0.15) is 17.2 Å². The predicted molar refractivity (Wildman–Crippen MR) is 102 cm³/mol. The van der Waals surface area contributed by atoms with Crippen molar-refractivity contribution in [2.45, 2.75) is 12.7 Å². The van der Waals surface area contributed by atoms with Crippen LogP contribution in [-0.2, 0) is 0 Å². The molecule has 0 saturated heterocycles. The van der Waals surface area contributed by atoms with E-state index < -0.39 is 12.7 Å². The molecule has 0 radical (unpaired) electrons. The van der Waals surface area contributed by atoms with Crippen LogP contribution in [-0.4, -0.2) is 21.4 Å². The Morgan fingerprint density at radius 1 is 1.19 bits per heavy atom. The van der Waals surface area contributed by atoms with Gasteiger partial charge in [0.15, 0.2) is 0 Å². The highest BCUT2D eigenvalue weighted by Crippen LogP contribution is 2.38. The third-order valence-electron chi connectivity index (χ3n) is 4.07. The van der Waals surface area contributed by atoms with Gasteiger partial charge in [-0.25, -0.2) is 4.68 Å². The van der Waals surface area contributed by atoms with Gasteiger partial charge >= 0.3 is 6.61 Å². The minimum atomic E-state index is -2.93. The molecule has 0 unspecified atom stereocenters. The molecule has 1 aliphatic rings. The summed E-state index contributed by atoms with van der Waals surface area (Å²) in [6, 6.07) is 11.7. The molecule has 0 saturated carbocycles. The highest BCUT2D eigenvalue weighted by molar-refractivity contribution is 9.10. The molecule has 0 spiro atoms. The van der Waals surface area contributed by atoms with E-state index in [1.54, 1.807) is 28.9 Å². The SMILES string of the molecule is FC(F)Oc1ccc(Br)cc1[C@H]1C=C(c2ccc(Cl)cc2)Nc2ncnn21. The van der Waals surface area contributed by atoms with E-state index >= 15 is 0 Å². The van der Waals surface area contributed by atoms with Gasteiger partial charge in [0.2, 0.25) is 5.95 Å². The summed E-state index contributed by atoms with van der Waals surface area (Å²) in [5, 5.41) is 8.04. The first-order chi connectivity index (χ1) is 13.0. The Balaban J connectivity index is 1.83. The van der Waals surface area contributed by atoms with Gasteiger partial charge in [-0.05, 0) is 42.0 Å². The number of alkyl halides is 2. The third-order valence-corrected chi connectivity index (χ3v) is 4.81. The zero-order valence-electron chi connectivity index (χ0n) is 13.6. The Morgan fingerprint density at radius 2 is 1.96 bits per heavy atom. The summed E-state index contributed by atoms with van der Waals surface area (Å²) in [4.78, 5) is 4.21. The molecular weight excluding hydrogens is 442 g/mol. The Bertz CT molecular complexity index is 1010. The monoisotopic (exact) mass is 452 g/mol. The van der Waals surface area contributed by atoms with Gasteiger partial charge in [0.25, 0.3) is 0 Å². The molecule has 27 heavy (non-hydrogen) atoms. The number of anilines is 1. The average Bonchev–Trinajstić information content (AvgIpc) is 3.11. The van der Waals surface area contributed by atoms with Crippen molar-refractivity contribution in [2.24, 2.45) is 0 Å². The van der Waals surface area contributed by atoms with E-state index in [4.69, 9.17) is 16.3 Å². The predicted octanol–water partition coefficient (Wildman–Crippen LogP) is 5.35. The van der Waals surface area contributed by atoms with Crippen LogP contribution in [0.4, 0.5) is 14.7 Å². The molecule has 2 heterocycles. The van der Waals surface area contributed by atoms with Crippen molar-refractivity contribution in [3.63, 3.8) is 0 Å². The van der Waals surface area contributed by atoms with Gasteiger partial charge in [0, 0.05) is 20.8 Å². The van der Waals surface area contributed by atoms with Crippen molar-refractivity contribution in [1.29, 1.82) is 0 Å². The Kier molecular flexibility index (Phi) is 4.84. The van der Waals surface area contributed by atoms with Gasteiger partial charge in [-0.1, -0.05) is 39.7 Å². The van der Waals surface area contributed by atoms with Crippen molar-refractivity contribution >= 4 is 39.2 Å². The Labute approximate surface area is 166 Å². The first-order valence-corrected chi connectivity index (χ1v) is 9.07. The smallest absolute Gasteiger partial charge is 0.387 e. The first kappa shape index (κ1) is 17.9. The van der Waals surface area contributed by atoms with Crippen LogP contribution < -0.4 is 10.1 Å². The molecule has 1 N–H and O–H groups in total. The quantitative estimate of drug-likeness (QED) is 0.578. The number of benzene rings is 2. The van der Waals surface area contributed by atoms with Crippen LogP contribution in [0.25, 0.3) is 5.70 Å². The molecule has 1 atom stereocenters. The molecule has 4 rings (SSSR count). The van der Waals surface area contributed by atoms with Crippen LogP contribution in [0, 0.1) is 0 Å². The number of halogens is 4. The lowest BCUT2D eigenvalue weighted by molar-refractivity contribution is -0.0506. The molecule has 1 aromatic heterocycles. The van der Waals surface area contributed by atoms with Crippen molar-refractivity contribution in [2.75, 3.05) is 5.32 Å². The molecular formula is C18H12BrClF2N4O. The van der Waals surface area contributed by atoms with E-state index in [9.17, 15) is 8.78 Å².